The molecule has 2 amide bonds. The number of hydrazine groups is 1. The van der Waals surface area contributed by atoms with Crippen molar-refractivity contribution in [2.24, 2.45) is 0 Å². The first-order valence-electron chi connectivity index (χ1n) is 5.19. The number of carbonyl (C=O) groups excluding carboxylic acids is 2. The predicted octanol–water partition coefficient (Wildman–Crippen LogP) is 1.13. The van der Waals surface area contributed by atoms with Gasteiger partial charge in [0.1, 0.15) is 0 Å². The van der Waals surface area contributed by atoms with E-state index in [4.69, 9.17) is 0 Å². The standard InChI is InChI=1S/C12H16N2O2/c1-10(15)13-14(11(2)16)9-8-12-6-4-3-5-7-12/h3-7H,8-9H2,1-2H3,(H,13,15). The Morgan fingerprint density at radius 3 is 2.31 bits per heavy atom. The third kappa shape index (κ3) is 4.13. The second-order valence-corrected chi connectivity index (χ2v) is 3.57. The zero-order valence-electron chi connectivity index (χ0n) is 9.56. The normalized spacial score (nSPS) is 9.62. The highest BCUT2D eigenvalue weighted by Gasteiger charge is 2.09. The van der Waals surface area contributed by atoms with E-state index in [-0.39, 0.29) is 11.8 Å². The van der Waals surface area contributed by atoms with Crippen molar-refractivity contribution in [3.05, 3.63) is 35.9 Å². The molecule has 1 N–H and O–H groups in total. The summed E-state index contributed by atoms with van der Waals surface area (Å²) < 4.78 is 0. The molecule has 0 atom stereocenters. The van der Waals surface area contributed by atoms with Crippen LogP contribution >= 0.6 is 0 Å². The van der Waals surface area contributed by atoms with Gasteiger partial charge in [0.05, 0.1) is 0 Å². The third-order valence-corrected chi connectivity index (χ3v) is 2.14. The number of nitrogens with one attached hydrogen (secondary N) is 1. The average Bonchev–Trinajstić information content (AvgIpc) is 2.25. The second kappa shape index (κ2) is 5.90. The molecule has 1 rings (SSSR count). The van der Waals surface area contributed by atoms with E-state index in [2.05, 4.69) is 5.43 Å². The van der Waals surface area contributed by atoms with Gasteiger partial charge in [0.15, 0.2) is 0 Å². The molecule has 0 saturated heterocycles. The van der Waals surface area contributed by atoms with Gasteiger partial charge in [0.2, 0.25) is 11.8 Å². The molecular weight excluding hydrogens is 204 g/mol. The summed E-state index contributed by atoms with van der Waals surface area (Å²) in [4.78, 5) is 22.1. The molecular formula is C12H16N2O2. The zero-order valence-corrected chi connectivity index (χ0v) is 9.56. The summed E-state index contributed by atoms with van der Waals surface area (Å²) in [5.74, 6) is -0.394. The van der Waals surface area contributed by atoms with Crippen LogP contribution in [0.3, 0.4) is 0 Å². The molecule has 0 aliphatic carbocycles. The molecule has 0 heterocycles. The molecule has 0 saturated carbocycles. The number of rotatable bonds is 3. The van der Waals surface area contributed by atoms with Crippen molar-refractivity contribution in [3.63, 3.8) is 0 Å². The molecule has 0 aliphatic heterocycles. The fourth-order valence-corrected chi connectivity index (χ4v) is 1.37. The molecule has 0 aliphatic rings. The largest absolute Gasteiger partial charge is 0.274 e. The van der Waals surface area contributed by atoms with Crippen LogP contribution < -0.4 is 5.43 Å². The first kappa shape index (κ1) is 12.2. The number of hydrogen-bond acceptors (Lipinski definition) is 2. The van der Waals surface area contributed by atoms with Crippen molar-refractivity contribution in [2.45, 2.75) is 20.3 Å². The van der Waals surface area contributed by atoms with Crippen molar-refractivity contribution >= 4 is 11.8 Å². The van der Waals surface area contributed by atoms with Crippen molar-refractivity contribution < 1.29 is 9.59 Å². The summed E-state index contributed by atoms with van der Waals surface area (Å²) in [5.41, 5.74) is 3.63. The first-order chi connectivity index (χ1) is 7.59. The lowest BCUT2D eigenvalue weighted by Gasteiger charge is -2.20. The number of amides is 2. The first-order valence-corrected chi connectivity index (χ1v) is 5.19. The monoisotopic (exact) mass is 220 g/mol. The minimum absolute atomic E-state index is 0.161. The van der Waals surface area contributed by atoms with E-state index in [9.17, 15) is 9.59 Å². The second-order valence-electron chi connectivity index (χ2n) is 3.57. The minimum Gasteiger partial charge on any atom is -0.274 e. The van der Waals surface area contributed by atoms with Crippen molar-refractivity contribution in [2.75, 3.05) is 6.54 Å². The molecule has 0 unspecified atom stereocenters. The van der Waals surface area contributed by atoms with Crippen LogP contribution in [0.5, 0.6) is 0 Å². The van der Waals surface area contributed by atoms with Gasteiger partial charge in [0.25, 0.3) is 0 Å². The molecule has 86 valence electrons. The van der Waals surface area contributed by atoms with Crippen molar-refractivity contribution in [3.8, 4) is 0 Å². The summed E-state index contributed by atoms with van der Waals surface area (Å²) in [5, 5.41) is 1.33. The molecule has 16 heavy (non-hydrogen) atoms. The molecule has 4 heteroatoms. The smallest absolute Gasteiger partial charge is 0.237 e. The van der Waals surface area contributed by atoms with Crippen LogP contribution in [0.15, 0.2) is 30.3 Å². The van der Waals surface area contributed by atoms with Gasteiger partial charge in [-0.05, 0) is 12.0 Å². The Morgan fingerprint density at radius 2 is 1.81 bits per heavy atom. The summed E-state index contributed by atoms with van der Waals surface area (Å²) in [7, 11) is 0. The van der Waals surface area contributed by atoms with Gasteiger partial charge < -0.3 is 0 Å². The molecule has 0 fully saturated rings. The summed E-state index contributed by atoms with van der Waals surface area (Å²) in [6.07, 6.45) is 0.723. The van der Waals surface area contributed by atoms with Crippen molar-refractivity contribution in [1.29, 1.82) is 0 Å². The van der Waals surface area contributed by atoms with E-state index >= 15 is 0 Å². The van der Waals surface area contributed by atoms with E-state index in [0.717, 1.165) is 12.0 Å². The summed E-state index contributed by atoms with van der Waals surface area (Å²) in [6, 6.07) is 9.83. The Kier molecular flexibility index (Phi) is 4.51. The maximum absolute atomic E-state index is 11.2. The maximum atomic E-state index is 11.2. The molecule has 1 aromatic rings. The molecule has 1 aromatic carbocycles. The highest BCUT2D eigenvalue weighted by molar-refractivity contribution is 5.79. The van der Waals surface area contributed by atoms with Crippen LogP contribution in [0.4, 0.5) is 0 Å². The average molecular weight is 220 g/mol. The third-order valence-electron chi connectivity index (χ3n) is 2.14. The van der Waals surface area contributed by atoms with Crippen LogP contribution in [0.1, 0.15) is 19.4 Å². The number of hydrogen-bond donors (Lipinski definition) is 1. The van der Waals surface area contributed by atoms with E-state index in [1.54, 1.807) is 0 Å². The highest BCUT2D eigenvalue weighted by atomic mass is 16.2. The Hall–Kier alpha value is -1.84. The van der Waals surface area contributed by atoms with Gasteiger partial charge >= 0.3 is 0 Å². The molecule has 0 spiro atoms. The lowest BCUT2D eigenvalue weighted by Crippen LogP contribution is -2.45. The summed E-state index contributed by atoms with van der Waals surface area (Å²) >= 11 is 0. The van der Waals surface area contributed by atoms with Crippen LogP contribution in [0.25, 0.3) is 0 Å². The van der Waals surface area contributed by atoms with Crippen LogP contribution in [0, 0.1) is 0 Å². The van der Waals surface area contributed by atoms with Crippen LogP contribution in [-0.2, 0) is 16.0 Å². The van der Waals surface area contributed by atoms with Gasteiger partial charge in [-0.1, -0.05) is 30.3 Å². The van der Waals surface area contributed by atoms with Gasteiger partial charge in [-0.3, -0.25) is 20.0 Å². The Morgan fingerprint density at radius 1 is 1.19 bits per heavy atom. The maximum Gasteiger partial charge on any atom is 0.237 e. The van der Waals surface area contributed by atoms with Crippen molar-refractivity contribution in [1.82, 2.24) is 10.4 Å². The zero-order chi connectivity index (χ0) is 12.0. The van der Waals surface area contributed by atoms with Gasteiger partial charge in [-0.25, -0.2) is 0 Å². The predicted molar refractivity (Wildman–Crippen MR) is 61.3 cm³/mol. The Labute approximate surface area is 95.2 Å². The Balaban J connectivity index is 2.50. The lowest BCUT2D eigenvalue weighted by molar-refractivity contribution is -0.138. The van der Waals surface area contributed by atoms with Gasteiger partial charge in [-0.15, -0.1) is 0 Å². The van der Waals surface area contributed by atoms with E-state index in [1.165, 1.54) is 18.9 Å². The lowest BCUT2D eigenvalue weighted by atomic mass is 10.1. The fourth-order valence-electron chi connectivity index (χ4n) is 1.37. The molecule has 0 radical (unpaired) electrons. The summed E-state index contributed by atoms with van der Waals surface area (Å²) in [6.45, 7) is 3.30. The molecule has 0 bridgehead atoms. The van der Waals surface area contributed by atoms with Crippen LogP contribution in [-0.4, -0.2) is 23.4 Å². The molecule has 0 aromatic heterocycles. The number of carbonyl (C=O) groups is 2. The van der Waals surface area contributed by atoms with Gasteiger partial charge in [-0.2, -0.15) is 0 Å². The quantitative estimate of drug-likeness (QED) is 0.776. The fraction of sp³-hybridized carbons (Fsp3) is 0.333. The highest BCUT2D eigenvalue weighted by Crippen LogP contribution is 2.00. The van der Waals surface area contributed by atoms with E-state index < -0.39 is 0 Å². The minimum atomic E-state index is -0.233. The SMILES string of the molecule is CC(=O)NN(CCc1ccccc1)C(C)=O. The number of benzene rings is 1. The van der Waals surface area contributed by atoms with Gasteiger partial charge in [0, 0.05) is 20.4 Å². The van der Waals surface area contributed by atoms with Crippen LogP contribution in [0.2, 0.25) is 0 Å². The molecule has 4 nitrogen and oxygen atoms in total. The van der Waals surface area contributed by atoms with E-state index in [0.29, 0.717) is 6.54 Å². The Bertz CT molecular complexity index is 363. The number of nitrogens with zero attached hydrogens (tertiary/aromatic N) is 1. The van der Waals surface area contributed by atoms with E-state index in [1.807, 2.05) is 30.3 Å². The topological polar surface area (TPSA) is 49.4 Å².